The number of carbonyl (C=O) groups is 1. The first-order chi connectivity index (χ1) is 11.5. The van der Waals surface area contributed by atoms with Gasteiger partial charge in [-0.25, -0.2) is 0 Å². The second-order valence-corrected chi connectivity index (χ2v) is 6.82. The average molecular weight is 326 g/mol. The number of hydrogen-bond acceptors (Lipinski definition) is 2. The third-order valence-electron chi connectivity index (χ3n) is 4.94. The van der Waals surface area contributed by atoms with E-state index in [-0.39, 0.29) is 5.91 Å². The summed E-state index contributed by atoms with van der Waals surface area (Å²) in [6, 6.07) is 9.96. The van der Waals surface area contributed by atoms with Crippen LogP contribution < -0.4 is 4.74 Å². The van der Waals surface area contributed by atoms with Crippen molar-refractivity contribution in [2.24, 2.45) is 5.92 Å². The van der Waals surface area contributed by atoms with E-state index in [9.17, 15) is 4.79 Å². The van der Waals surface area contributed by atoms with Crippen molar-refractivity contribution in [2.45, 2.75) is 33.6 Å². The van der Waals surface area contributed by atoms with Crippen molar-refractivity contribution in [3.05, 3.63) is 47.3 Å². The van der Waals surface area contributed by atoms with Gasteiger partial charge < -0.3 is 14.2 Å². The summed E-state index contributed by atoms with van der Waals surface area (Å²) in [4.78, 5) is 15.0. The van der Waals surface area contributed by atoms with Gasteiger partial charge in [-0.2, -0.15) is 0 Å². The van der Waals surface area contributed by atoms with Gasteiger partial charge in [-0.3, -0.25) is 4.79 Å². The summed E-state index contributed by atoms with van der Waals surface area (Å²) >= 11 is 0. The first kappa shape index (κ1) is 16.6. The predicted octanol–water partition coefficient (Wildman–Crippen LogP) is 3.97. The SMILES string of the molecule is COc1ccc(-n2c(C)cc(C(=O)N3CCCC(C)C3)c2C)cc1. The summed E-state index contributed by atoms with van der Waals surface area (Å²) in [6.07, 6.45) is 2.32. The molecular formula is C20H26N2O2. The maximum absolute atomic E-state index is 13.0. The van der Waals surface area contributed by atoms with Crippen LogP contribution in [0.2, 0.25) is 0 Å². The zero-order valence-electron chi connectivity index (χ0n) is 15.0. The van der Waals surface area contributed by atoms with Crippen LogP contribution in [0.1, 0.15) is 41.5 Å². The van der Waals surface area contributed by atoms with E-state index < -0.39 is 0 Å². The number of amides is 1. The van der Waals surface area contributed by atoms with Gasteiger partial charge in [-0.1, -0.05) is 6.92 Å². The summed E-state index contributed by atoms with van der Waals surface area (Å²) in [6.45, 7) is 8.03. The van der Waals surface area contributed by atoms with E-state index in [0.717, 1.165) is 47.9 Å². The highest BCUT2D eigenvalue weighted by atomic mass is 16.5. The number of benzene rings is 1. The standard InChI is InChI=1S/C20H26N2O2/c1-14-6-5-11-21(13-14)20(23)19-12-15(2)22(16(19)3)17-7-9-18(24-4)10-8-17/h7-10,12,14H,5-6,11,13H2,1-4H3. The second kappa shape index (κ2) is 6.71. The second-order valence-electron chi connectivity index (χ2n) is 6.82. The molecule has 0 bridgehead atoms. The molecule has 0 N–H and O–H groups in total. The molecule has 1 amide bonds. The lowest BCUT2D eigenvalue weighted by molar-refractivity contribution is 0.0682. The lowest BCUT2D eigenvalue weighted by atomic mass is 9.99. The average Bonchev–Trinajstić information content (AvgIpc) is 2.89. The lowest BCUT2D eigenvalue weighted by Crippen LogP contribution is -2.39. The number of likely N-dealkylation sites (tertiary alicyclic amines) is 1. The molecular weight excluding hydrogens is 300 g/mol. The molecule has 1 saturated heterocycles. The number of nitrogens with zero attached hydrogens (tertiary/aromatic N) is 2. The summed E-state index contributed by atoms with van der Waals surface area (Å²) in [5.41, 5.74) is 3.95. The van der Waals surface area contributed by atoms with Crippen molar-refractivity contribution in [3.8, 4) is 11.4 Å². The largest absolute Gasteiger partial charge is 0.497 e. The Hall–Kier alpha value is -2.23. The molecule has 4 nitrogen and oxygen atoms in total. The maximum atomic E-state index is 13.0. The molecule has 1 atom stereocenters. The summed E-state index contributed by atoms with van der Waals surface area (Å²) < 4.78 is 7.37. The molecule has 128 valence electrons. The van der Waals surface area contributed by atoms with E-state index in [1.807, 2.05) is 49.1 Å². The first-order valence-electron chi connectivity index (χ1n) is 8.64. The Morgan fingerprint density at radius 1 is 1.21 bits per heavy atom. The van der Waals surface area contributed by atoms with Gasteiger partial charge in [-0.15, -0.1) is 0 Å². The molecule has 0 spiro atoms. The number of carbonyl (C=O) groups excluding carboxylic acids is 1. The van der Waals surface area contributed by atoms with Crippen molar-refractivity contribution in [1.29, 1.82) is 0 Å². The summed E-state index contributed by atoms with van der Waals surface area (Å²) in [7, 11) is 1.66. The fourth-order valence-electron chi connectivity index (χ4n) is 3.65. The highest BCUT2D eigenvalue weighted by molar-refractivity contribution is 5.96. The number of aryl methyl sites for hydroxylation is 1. The van der Waals surface area contributed by atoms with Crippen LogP contribution in [0.4, 0.5) is 0 Å². The van der Waals surface area contributed by atoms with Crippen LogP contribution in [0.5, 0.6) is 5.75 Å². The fourth-order valence-corrected chi connectivity index (χ4v) is 3.65. The molecule has 24 heavy (non-hydrogen) atoms. The van der Waals surface area contributed by atoms with Crippen LogP contribution in [0, 0.1) is 19.8 Å². The van der Waals surface area contributed by atoms with Crippen LogP contribution in [-0.4, -0.2) is 35.6 Å². The molecule has 4 heteroatoms. The number of piperidine rings is 1. The minimum absolute atomic E-state index is 0.161. The number of hydrogen-bond donors (Lipinski definition) is 0. The molecule has 2 aromatic rings. The molecule has 1 aromatic carbocycles. The molecule has 0 saturated carbocycles. The van der Waals surface area contributed by atoms with Gasteiger partial charge >= 0.3 is 0 Å². The van der Waals surface area contributed by atoms with Gasteiger partial charge in [0, 0.05) is 30.2 Å². The maximum Gasteiger partial charge on any atom is 0.255 e. The van der Waals surface area contributed by atoms with Crippen LogP contribution in [0.25, 0.3) is 5.69 Å². The van der Waals surface area contributed by atoms with Gasteiger partial charge in [0.15, 0.2) is 0 Å². The van der Waals surface area contributed by atoms with E-state index in [2.05, 4.69) is 11.5 Å². The Labute approximate surface area is 144 Å². The van der Waals surface area contributed by atoms with E-state index in [0.29, 0.717) is 5.92 Å². The minimum Gasteiger partial charge on any atom is -0.497 e. The normalized spacial score (nSPS) is 17.8. The van der Waals surface area contributed by atoms with Gasteiger partial charge in [-0.05, 0) is 62.9 Å². The number of ether oxygens (including phenoxy) is 1. The third-order valence-corrected chi connectivity index (χ3v) is 4.94. The summed E-state index contributed by atoms with van der Waals surface area (Å²) in [5, 5.41) is 0. The zero-order valence-corrected chi connectivity index (χ0v) is 15.0. The number of methoxy groups -OCH3 is 1. The topological polar surface area (TPSA) is 34.5 Å². The highest BCUT2D eigenvalue weighted by Crippen LogP contribution is 2.25. The minimum atomic E-state index is 0.161. The Balaban J connectivity index is 1.92. The Bertz CT molecular complexity index is 731. The molecule has 0 radical (unpaired) electrons. The monoisotopic (exact) mass is 326 g/mol. The predicted molar refractivity (Wildman–Crippen MR) is 96.1 cm³/mol. The van der Waals surface area contributed by atoms with Gasteiger partial charge in [0.2, 0.25) is 0 Å². The number of rotatable bonds is 3. The quantitative estimate of drug-likeness (QED) is 0.855. The van der Waals surface area contributed by atoms with Crippen LogP contribution in [0.15, 0.2) is 30.3 Å². The first-order valence-corrected chi connectivity index (χ1v) is 8.64. The molecule has 1 unspecified atom stereocenters. The molecule has 1 aliphatic rings. The summed E-state index contributed by atoms with van der Waals surface area (Å²) in [5.74, 6) is 1.59. The molecule has 1 aliphatic heterocycles. The Morgan fingerprint density at radius 3 is 2.54 bits per heavy atom. The van der Waals surface area contributed by atoms with Crippen molar-refractivity contribution in [3.63, 3.8) is 0 Å². The van der Waals surface area contributed by atoms with Crippen molar-refractivity contribution in [2.75, 3.05) is 20.2 Å². The zero-order chi connectivity index (χ0) is 17.3. The van der Waals surface area contributed by atoms with Gasteiger partial charge in [0.05, 0.1) is 12.7 Å². The van der Waals surface area contributed by atoms with E-state index >= 15 is 0 Å². The fraction of sp³-hybridized carbons (Fsp3) is 0.450. The van der Waals surface area contributed by atoms with Gasteiger partial charge in [0.25, 0.3) is 5.91 Å². The smallest absolute Gasteiger partial charge is 0.255 e. The molecule has 1 fully saturated rings. The third kappa shape index (κ3) is 3.05. The Morgan fingerprint density at radius 2 is 1.92 bits per heavy atom. The van der Waals surface area contributed by atoms with E-state index in [1.54, 1.807) is 7.11 Å². The van der Waals surface area contributed by atoms with Crippen LogP contribution >= 0.6 is 0 Å². The van der Waals surface area contributed by atoms with Crippen LogP contribution in [-0.2, 0) is 0 Å². The van der Waals surface area contributed by atoms with E-state index in [4.69, 9.17) is 4.74 Å². The molecule has 1 aromatic heterocycles. The lowest BCUT2D eigenvalue weighted by Gasteiger charge is -2.31. The Kier molecular flexibility index (Phi) is 4.65. The molecule has 3 rings (SSSR count). The molecule has 0 aliphatic carbocycles. The van der Waals surface area contributed by atoms with Crippen molar-refractivity contribution >= 4 is 5.91 Å². The highest BCUT2D eigenvalue weighted by Gasteiger charge is 2.25. The van der Waals surface area contributed by atoms with Crippen molar-refractivity contribution < 1.29 is 9.53 Å². The van der Waals surface area contributed by atoms with Crippen molar-refractivity contribution in [1.82, 2.24) is 9.47 Å². The number of aromatic nitrogens is 1. The van der Waals surface area contributed by atoms with Crippen LogP contribution in [0.3, 0.4) is 0 Å². The van der Waals surface area contributed by atoms with Gasteiger partial charge in [0.1, 0.15) is 5.75 Å². The molecule has 2 heterocycles. The van der Waals surface area contributed by atoms with E-state index in [1.165, 1.54) is 6.42 Å².